The summed E-state index contributed by atoms with van der Waals surface area (Å²) in [6.45, 7) is 7.74. The van der Waals surface area contributed by atoms with E-state index in [4.69, 9.17) is 0 Å². The molecule has 1 heterocycles. The molecule has 1 aromatic rings. The van der Waals surface area contributed by atoms with Crippen molar-refractivity contribution in [3.05, 3.63) is 17.5 Å². The van der Waals surface area contributed by atoms with Crippen LogP contribution < -0.4 is 5.32 Å². The van der Waals surface area contributed by atoms with E-state index < -0.39 is 0 Å². The zero-order chi connectivity index (χ0) is 13.8. The zero-order valence-electron chi connectivity index (χ0n) is 12.9. The fraction of sp³-hybridized carbons (Fsp3) is 0.812. The zero-order valence-corrected chi connectivity index (χ0v) is 12.9. The van der Waals surface area contributed by atoms with Crippen LogP contribution in [0.25, 0.3) is 0 Å². The molecule has 3 nitrogen and oxygen atoms in total. The second kappa shape index (κ2) is 6.56. The lowest BCUT2D eigenvalue weighted by Crippen LogP contribution is -2.34. The molecule has 0 bridgehead atoms. The first-order valence-electron chi connectivity index (χ1n) is 7.90. The van der Waals surface area contributed by atoms with Crippen LogP contribution in [0.5, 0.6) is 0 Å². The third-order valence-corrected chi connectivity index (χ3v) is 4.73. The van der Waals surface area contributed by atoms with Crippen LogP contribution in [-0.2, 0) is 7.05 Å². The van der Waals surface area contributed by atoms with E-state index in [9.17, 15) is 0 Å². The lowest BCUT2D eigenvalue weighted by molar-refractivity contribution is 0.176. The molecule has 0 aliphatic heterocycles. The quantitative estimate of drug-likeness (QED) is 0.879. The van der Waals surface area contributed by atoms with Crippen LogP contribution in [0.3, 0.4) is 0 Å². The van der Waals surface area contributed by atoms with Crippen molar-refractivity contribution in [1.29, 1.82) is 0 Å². The molecule has 0 saturated heterocycles. The third kappa shape index (κ3) is 3.19. The summed E-state index contributed by atoms with van der Waals surface area (Å²) in [7, 11) is 2.03. The van der Waals surface area contributed by atoms with Gasteiger partial charge in [0.15, 0.2) is 0 Å². The molecule has 19 heavy (non-hydrogen) atoms. The van der Waals surface area contributed by atoms with Gasteiger partial charge in [-0.3, -0.25) is 4.68 Å². The average molecular weight is 263 g/mol. The predicted molar refractivity (Wildman–Crippen MR) is 80.1 cm³/mol. The highest BCUT2D eigenvalue weighted by molar-refractivity contribution is 5.21. The number of nitrogens with one attached hydrogen (secondary N) is 1. The maximum atomic E-state index is 4.54. The van der Waals surface area contributed by atoms with Gasteiger partial charge in [-0.2, -0.15) is 5.10 Å². The Kier molecular flexibility index (Phi) is 5.03. The fourth-order valence-corrected chi connectivity index (χ4v) is 3.82. The number of hydrogen-bond acceptors (Lipinski definition) is 2. The van der Waals surface area contributed by atoms with Crippen molar-refractivity contribution >= 4 is 0 Å². The van der Waals surface area contributed by atoms with E-state index in [2.05, 4.69) is 37.4 Å². The maximum Gasteiger partial charge on any atom is 0.0641 e. The smallest absolute Gasteiger partial charge is 0.0641 e. The van der Waals surface area contributed by atoms with Crippen molar-refractivity contribution in [3.8, 4) is 0 Å². The molecule has 3 atom stereocenters. The molecule has 108 valence electrons. The molecule has 0 amide bonds. The predicted octanol–water partition coefficient (Wildman–Crippen LogP) is 3.60. The van der Waals surface area contributed by atoms with E-state index >= 15 is 0 Å². The lowest BCUT2D eigenvalue weighted by Gasteiger charge is -2.37. The molecule has 1 aliphatic rings. The molecule has 0 aromatic carbocycles. The van der Waals surface area contributed by atoms with Crippen LogP contribution in [-0.4, -0.2) is 16.3 Å². The molecule has 0 radical (unpaired) electrons. The van der Waals surface area contributed by atoms with Gasteiger partial charge in [-0.25, -0.2) is 0 Å². The first-order valence-corrected chi connectivity index (χ1v) is 7.90. The van der Waals surface area contributed by atoms with Crippen LogP contribution in [0.4, 0.5) is 0 Å². The van der Waals surface area contributed by atoms with Crippen molar-refractivity contribution in [1.82, 2.24) is 15.1 Å². The Bertz CT molecular complexity index is 397. The Balaban J connectivity index is 2.25. The average Bonchev–Trinajstić information content (AvgIpc) is 2.75. The summed E-state index contributed by atoms with van der Waals surface area (Å²) < 4.78 is 1.96. The largest absolute Gasteiger partial charge is 0.310 e. The highest BCUT2D eigenvalue weighted by Gasteiger charge is 2.32. The van der Waals surface area contributed by atoms with Crippen molar-refractivity contribution in [2.24, 2.45) is 18.9 Å². The van der Waals surface area contributed by atoms with E-state index in [1.54, 1.807) is 0 Å². The van der Waals surface area contributed by atoms with E-state index in [1.807, 2.05) is 11.7 Å². The van der Waals surface area contributed by atoms with Crippen molar-refractivity contribution in [3.63, 3.8) is 0 Å². The van der Waals surface area contributed by atoms with E-state index in [1.165, 1.54) is 43.4 Å². The second-order valence-corrected chi connectivity index (χ2v) is 6.00. The Labute approximate surface area is 117 Å². The molecule has 3 unspecified atom stereocenters. The maximum absolute atomic E-state index is 4.54. The van der Waals surface area contributed by atoms with Gasteiger partial charge in [-0.05, 0) is 31.7 Å². The van der Waals surface area contributed by atoms with Gasteiger partial charge in [0.1, 0.15) is 0 Å². The molecule has 0 spiro atoms. The van der Waals surface area contributed by atoms with Gasteiger partial charge in [-0.1, -0.05) is 39.5 Å². The summed E-state index contributed by atoms with van der Waals surface area (Å²) >= 11 is 0. The summed E-state index contributed by atoms with van der Waals surface area (Å²) in [5.41, 5.74) is 2.60. The normalized spacial score (nSPS) is 25.5. The molecule has 1 aliphatic carbocycles. The number of nitrogens with zero attached hydrogens (tertiary/aromatic N) is 2. The summed E-state index contributed by atoms with van der Waals surface area (Å²) in [6, 6.07) is 0.490. The van der Waals surface area contributed by atoms with Gasteiger partial charge in [-0.15, -0.1) is 0 Å². The molecule has 2 rings (SSSR count). The first kappa shape index (κ1) is 14.6. The van der Waals surface area contributed by atoms with E-state index in [0.717, 1.165) is 18.4 Å². The molecule has 1 aromatic heterocycles. The second-order valence-electron chi connectivity index (χ2n) is 6.00. The van der Waals surface area contributed by atoms with Crippen LogP contribution in [0.1, 0.15) is 63.3 Å². The van der Waals surface area contributed by atoms with Gasteiger partial charge in [0.05, 0.1) is 5.69 Å². The minimum absolute atomic E-state index is 0.490. The number of aromatic nitrogens is 2. The molecule has 1 fully saturated rings. The molecule has 3 heteroatoms. The minimum Gasteiger partial charge on any atom is -0.310 e. The van der Waals surface area contributed by atoms with Gasteiger partial charge in [0.25, 0.3) is 0 Å². The first-order chi connectivity index (χ1) is 9.17. The Morgan fingerprint density at radius 3 is 2.68 bits per heavy atom. The van der Waals surface area contributed by atoms with Crippen LogP contribution in [0.2, 0.25) is 0 Å². The summed E-state index contributed by atoms with van der Waals surface area (Å²) in [4.78, 5) is 0. The Morgan fingerprint density at radius 2 is 2.11 bits per heavy atom. The SMILES string of the molecule is CCNC(c1cn(C)nc1C)C1CCCCC1CC. The Hall–Kier alpha value is -0.830. The highest BCUT2D eigenvalue weighted by atomic mass is 15.3. The fourth-order valence-electron chi connectivity index (χ4n) is 3.82. The van der Waals surface area contributed by atoms with Crippen LogP contribution in [0, 0.1) is 18.8 Å². The van der Waals surface area contributed by atoms with Gasteiger partial charge >= 0.3 is 0 Å². The monoisotopic (exact) mass is 263 g/mol. The lowest BCUT2D eigenvalue weighted by atomic mass is 9.72. The van der Waals surface area contributed by atoms with Gasteiger partial charge in [0.2, 0.25) is 0 Å². The topological polar surface area (TPSA) is 29.9 Å². The number of aryl methyl sites for hydroxylation is 2. The number of rotatable bonds is 5. The van der Waals surface area contributed by atoms with Crippen LogP contribution in [0.15, 0.2) is 6.20 Å². The van der Waals surface area contributed by atoms with E-state index in [0.29, 0.717) is 6.04 Å². The van der Waals surface area contributed by atoms with Crippen molar-refractivity contribution < 1.29 is 0 Å². The minimum atomic E-state index is 0.490. The van der Waals surface area contributed by atoms with E-state index in [-0.39, 0.29) is 0 Å². The highest BCUT2D eigenvalue weighted by Crippen LogP contribution is 2.40. The molecule has 1 N–H and O–H groups in total. The molecular weight excluding hydrogens is 234 g/mol. The van der Waals surface area contributed by atoms with Gasteiger partial charge < -0.3 is 5.32 Å². The van der Waals surface area contributed by atoms with Crippen molar-refractivity contribution in [2.75, 3.05) is 6.54 Å². The summed E-state index contributed by atoms with van der Waals surface area (Å²) in [5, 5.41) is 8.27. The molecular formula is C16H29N3. The van der Waals surface area contributed by atoms with Gasteiger partial charge in [0, 0.05) is 24.8 Å². The van der Waals surface area contributed by atoms with Crippen LogP contribution >= 0.6 is 0 Å². The summed E-state index contributed by atoms with van der Waals surface area (Å²) in [6.07, 6.45) is 9.10. The Morgan fingerprint density at radius 1 is 1.37 bits per heavy atom. The molecule has 1 saturated carbocycles. The standard InChI is InChI=1S/C16H29N3/c1-5-13-9-7-8-10-14(13)16(17-6-2)15-11-19(4)18-12(15)3/h11,13-14,16-17H,5-10H2,1-4H3. The van der Waals surface area contributed by atoms with Crippen molar-refractivity contribution in [2.45, 2.75) is 58.9 Å². The summed E-state index contributed by atoms with van der Waals surface area (Å²) in [5.74, 6) is 1.65. The number of hydrogen-bond donors (Lipinski definition) is 1. The third-order valence-electron chi connectivity index (χ3n) is 4.73.